The number of ether oxygens (including phenoxy) is 4. The molecule has 0 amide bonds. The summed E-state index contributed by atoms with van der Waals surface area (Å²) in [5, 5.41) is 68.5. The Morgan fingerprint density at radius 2 is 1.74 bits per heavy atom. The van der Waals surface area contributed by atoms with E-state index in [0.717, 1.165) is 49.5 Å². The second-order valence-corrected chi connectivity index (χ2v) is 21.3. The number of fused-ring (bicyclic) bond motifs is 13. The number of phenols is 2. The number of rotatable bonds is 17. The van der Waals surface area contributed by atoms with Gasteiger partial charge in [0.2, 0.25) is 0 Å². The predicted molar refractivity (Wildman–Crippen MR) is 281 cm³/mol. The zero-order chi connectivity index (χ0) is 50.9. The van der Waals surface area contributed by atoms with Gasteiger partial charge in [-0.05, 0) is 151 Å². The van der Waals surface area contributed by atoms with Crippen LogP contribution in [0.5, 0.6) is 28.7 Å². The maximum atomic E-state index is 12.1. The molecule has 0 saturated heterocycles. The Bertz CT molecular complexity index is 3020. The summed E-state index contributed by atoms with van der Waals surface area (Å²) < 4.78 is 28.5. The molecule has 384 valence electrons. The third-order valence-electron chi connectivity index (χ3n) is 15.2. The molecule has 4 aliphatic heterocycles. The van der Waals surface area contributed by atoms with Gasteiger partial charge in [0.05, 0.1) is 37.4 Å². The number of nitrogens with zero attached hydrogens (tertiary/aromatic N) is 1. The van der Waals surface area contributed by atoms with Crippen molar-refractivity contribution < 1.29 is 44.5 Å². The van der Waals surface area contributed by atoms with Gasteiger partial charge in [-0.25, -0.2) is 0 Å². The first-order valence-corrected chi connectivity index (χ1v) is 26.1. The molecule has 0 saturated carbocycles. The summed E-state index contributed by atoms with van der Waals surface area (Å²) in [6.45, 7) is 6.97. The summed E-state index contributed by atoms with van der Waals surface area (Å²) >= 11 is 0. The summed E-state index contributed by atoms with van der Waals surface area (Å²) in [4.78, 5) is 4.64. The first-order valence-electron chi connectivity index (χ1n) is 26.1. The molecule has 5 aliphatic rings. The van der Waals surface area contributed by atoms with E-state index in [0.29, 0.717) is 93.0 Å². The molecular weight excluding hydrogens is 921 g/mol. The van der Waals surface area contributed by atoms with Crippen molar-refractivity contribution in [3.05, 3.63) is 134 Å². The van der Waals surface area contributed by atoms with Gasteiger partial charge in [-0.3, -0.25) is 15.6 Å². The van der Waals surface area contributed by atoms with E-state index in [4.69, 9.17) is 18.9 Å². The molecule has 8 N–H and O–H groups in total. The molecule has 4 heterocycles. The summed E-state index contributed by atoms with van der Waals surface area (Å²) in [7, 11) is 1.84. The highest BCUT2D eigenvalue weighted by Crippen LogP contribution is 2.58. The number of aromatic hydroxyl groups is 2. The summed E-state index contributed by atoms with van der Waals surface area (Å²) in [5.41, 5.74) is 7.25. The molecule has 10 rings (SSSR count). The lowest BCUT2D eigenvalue weighted by molar-refractivity contribution is -0.141. The van der Waals surface area contributed by atoms with Crippen LogP contribution in [-0.2, 0) is 43.3 Å². The summed E-state index contributed by atoms with van der Waals surface area (Å²) in [6.07, 6.45) is 4.80. The van der Waals surface area contributed by atoms with Crippen LogP contribution in [0.15, 0.2) is 83.9 Å². The quantitative estimate of drug-likeness (QED) is 0.0329. The van der Waals surface area contributed by atoms with E-state index in [-0.39, 0.29) is 56.2 Å². The van der Waals surface area contributed by atoms with Crippen LogP contribution in [0.1, 0.15) is 96.6 Å². The Morgan fingerprint density at radius 1 is 0.904 bits per heavy atom. The Balaban J connectivity index is 1.18. The second kappa shape index (κ2) is 21.5. The number of aryl methyl sites for hydroxylation is 2. The Kier molecular flexibility index (Phi) is 14.9. The maximum Gasteiger partial charge on any atom is 0.162 e. The van der Waals surface area contributed by atoms with Crippen LogP contribution >= 0.6 is 0 Å². The minimum absolute atomic E-state index is 0.00286. The van der Waals surface area contributed by atoms with Gasteiger partial charge >= 0.3 is 0 Å². The third-order valence-corrected chi connectivity index (χ3v) is 15.2. The molecule has 0 spiro atoms. The van der Waals surface area contributed by atoms with Gasteiger partial charge in [0.25, 0.3) is 0 Å². The standard InChI is InChI=1S/C60H70N4O9/c1-36(2)29-59(3,69)33-62-34-64-53-12-8-11-44(31-65)71-52-27-42(25-40(55(52)68)15-13-37-9-6-5-7-10-37)58-60(53,70-35-61-4)30-50-49-26-41(24-38-14-20-51-39(23-38)21-22-63-51)48-28-43(67)16-18-46(48)54(49)57-47(56(50)73-58)19-17-45(32-66)72-57/h5-7,9-10,14,16,18,20-21,23,25,27-28,36,41,44-45,53,58,61-62,64-69H,11,13,15,17,19,22,24,26,29-35H2,1-4H3/t41-,44-,45-,53+,58+,59-,60-/m0/s1. The number of aliphatic hydroxyl groups is 3. The summed E-state index contributed by atoms with van der Waals surface area (Å²) in [5.74, 6) is 8.97. The number of nitrogens with one attached hydrogen (secondary N) is 3. The highest BCUT2D eigenvalue weighted by Gasteiger charge is 2.55. The molecule has 7 atom stereocenters. The molecule has 2 bridgehead atoms. The SMILES string of the molecule is CNCO[C@]12Cc3c4c(c5c(c3O[C@@H]1c1cc(CCc3ccccc3)c(O)c(c1)O[C@H](CO)CC#C[C@H]2NCNC[C@@](C)(O)CC(C)C)CC[C@@H](CO)O5)-c1ccc(O)cc1[C@@H](Cc1ccc2c(c1)=CCN=2)C4. The van der Waals surface area contributed by atoms with E-state index in [1.54, 1.807) is 6.07 Å². The van der Waals surface area contributed by atoms with E-state index in [1.165, 1.54) is 5.56 Å². The molecule has 73 heavy (non-hydrogen) atoms. The van der Waals surface area contributed by atoms with Gasteiger partial charge in [0, 0.05) is 42.7 Å². The minimum atomic E-state index is -1.27. The molecular formula is C60H70N4O9. The normalized spacial score (nSPS) is 23.1. The van der Waals surface area contributed by atoms with Gasteiger partial charge in [0.1, 0.15) is 41.1 Å². The average Bonchev–Trinajstić information content (AvgIpc) is 3.86. The summed E-state index contributed by atoms with van der Waals surface area (Å²) in [6, 6.07) is 25.4. The first-order chi connectivity index (χ1) is 35.4. The van der Waals surface area contributed by atoms with Crippen molar-refractivity contribution in [3.8, 4) is 51.7 Å². The van der Waals surface area contributed by atoms with Crippen LogP contribution in [0, 0.1) is 17.8 Å². The monoisotopic (exact) mass is 991 g/mol. The molecule has 0 fully saturated rings. The molecule has 0 radical (unpaired) electrons. The number of hydrogen-bond donors (Lipinski definition) is 8. The van der Waals surface area contributed by atoms with E-state index in [9.17, 15) is 25.5 Å². The zero-order valence-electron chi connectivity index (χ0n) is 42.5. The lowest BCUT2D eigenvalue weighted by Crippen LogP contribution is -2.62. The Hall–Kier alpha value is -5.95. The topological polar surface area (TPSA) is 187 Å². The predicted octanol–water partition coefficient (Wildman–Crippen LogP) is 5.59. The molecule has 5 aromatic carbocycles. The fourth-order valence-electron chi connectivity index (χ4n) is 12.0. The lowest BCUT2D eigenvalue weighted by atomic mass is 9.69. The van der Waals surface area contributed by atoms with Gasteiger partial charge in [-0.1, -0.05) is 74.2 Å². The molecule has 13 heteroatoms. The van der Waals surface area contributed by atoms with Crippen molar-refractivity contribution in [2.24, 2.45) is 10.9 Å². The maximum absolute atomic E-state index is 12.1. The van der Waals surface area contributed by atoms with Crippen molar-refractivity contribution in [1.82, 2.24) is 16.0 Å². The van der Waals surface area contributed by atoms with E-state index in [1.807, 2.05) is 56.4 Å². The number of benzene rings is 5. The van der Waals surface area contributed by atoms with Crippen molar-refractivity contribution in [1.29, 1.82) is 0 Å². The minimum Gasteiger partial charge on any atom is -0.508 e. The van der Waals surface area contributed by atoms with Crippen molar-refractivity contribution >= 4 is 6.08 Å². The third kappa shape index (κ3) is 10.4. The Morgan fingerprint density at radius 3 is 2.53 bits per heavy atom. The number of phenolic OH excluding ortho intramolecular Hbond substituents is 2. The van der Waals surface area contributed by atoms with Crippen molar-refractivity contribution in [3.63, 3.8) is 0 Å². The number of aliphatic hydroxyl groups excluding tert-OH is 2. The molecule has 0 aromatic heterocycles. The van der Waals surface area contributed by atoms with Crippen LogP contribution in [0.3, 0.4) is 0 Å². The molecule has 13 nitrogen and oxygen atoms in total. The van der Waals surface area contributed by atoms with Crippen LogP contribution in [-0.4, -0.2) is 102 Å². The van der Waals surface area contributed by atoms with E-state index in [2.05, 4.69) is 83.0 Å². The number of hydrogen-bond acceptors (Lipinski definition) is 13. The van der Waals surface area contributed by atoms with Gasteiger partial charge in [0.15, 0.2) is 17.6 Å². The largest absolute Gasteiger partial charge is 0.508 e. The van der Waals surface area contributed by atoms with E-state index >= 15 is 0 Å². The average molecular weight is 991 g/mol. The van der Waals surface area contributed by atoms with Gasteiger partial charge < -0.3 is 49.8 Å². The van der Waals surface area contributed by atoms with Crippen LogP contribution in [0.4, 0.5) is 0 Å². The van der Waals surface area contributed by atoms with Crippen LogP contribution in [0.2, 0.25) is 0 Å². The Labute approximate surface area is 428 Å². The highest BCUT2D eigenvalue weighted by atomic mass is 16.6. The lowest BCUT2D eigenvalue weighted by Gasteiger charge is -2.49. The highest BCUT2D eigenvalue weighted by molar-refractivity contribution is 5.85. The zero-order valence-corrected chi connectivity index (χ0v) is 42.5. The smallest absolute Gasteiger partial charge is 0.162 e. The van der Waals surface area contributed by atoms with Crippen LogP contribution in [0.25, 0.3) is 17.2 Å². The van der Waals surface area contributed by atoms with Crippen molar-refractivity contribution in [2.75, 3.05) is 46.8 Å². The van der Waals surface area contributed by atoms with Crippen molar-refractivity contribution in [2.45, 2.75) is 120 Å². The molecule has 1 aliphatic carbocycles. The fraction of sp³-hybridized carbons (Fsp3) is 0.450. The molecule has 0 unspecified atom stereocenters. The van der Waals surface area contributed by atoms with E-state index < -0.39 is 35.6 Å². The van der Waals surface area contributed by atoms with Gasteiger partial charge in [-0.2, -0.15) is 0 Å². The van der Waals surface area contributed by atoms with Gasteiger partial charge in [-0.15, -0.1) is 0 Å². The fourth-order valence-corrected chi connectivity index (χ4v) is 12.0. The second-order valence-electron chi connectivity index (χ2n) is 21.3. The molecule has 5 aromatic rings. The van der Waals surface area contributed by atoms with Crippen LogP contribution < -0.4 is 40.7 Å². The first kappa shape index (κ1) is 50.6.